The lowest BCUT2D eigenvalue weighted by Gasteiger charge is -2.23. The zero-order valence-electron chi connectivity index (χ0n) is 15.9. The van der Waals surface area contributed by atoms with Crippen LogP contribution in [0.4, 0.5) is 14.7 Å². The third kappa shape index (κ3) is 4.46. The molecular weight excluding hydrogens is 402 g/mol. The van der Waals surface area contributed by atoms with Crippen LogP contribution in [0.3, 0.4) is 0 Å². The van der Waals surface area contributed by atoms with Gasteiger partial charge in [-0.25, -0.2) is 21.5 Å². The van der Waals surface area contributed by atoms with Crippen molar-refractivity contribution < 1.29 is 26.5 Å². The highest BCUT2D eigenvalue weighted by molar-refractivity contribution is 7.93. The molecule has 0 aliphatic rings. The first-order valence-corrected chi connectivity index (χ1v) is 10.2. The predicted octanol–water partition coefficient (Wildman–Crippen LogP) is 4.39. The van der Waals surface area contributed by atoms with Gasteiger partial charge in [0.25, 0.3) is 16.4 Å². The lowest BCUT2D eigenvalue weighted by atomic mass is 10.1. The Bertz CT molecular complexity index is 1070. The van der Waals surface area contributed by atoms with Crippen molar-refractivity contribution in [1.29, 1.82) is 0 Å². The number of ether oxygens (including phenoxy) is 1. The van der Waals surface area contributed by atoms with Crippen molar-refractivity contribution in [2.24, 2.45) is 0 Å². The van der Waals surface area contributed by atoms with Crippen LogP contribution in [-0.2, 0) is 14.8 Å². The molecule has 0 atom stereocenters. The van der Waals surface area contributed by atoms with Gasteiger partial charge in [0.05, 0.1) is 10.6 Å². The van der Waals surface area contributed by atoms with Crippen molar-refractivity contribution in [3.8, 4) is 11.1 Å². The van der Waals surface area contributed by atoms with Gasteiger partial charge in [-0.2, -0.15) is 0 Å². The molecule has 0 aliphatic heterocycles. The second kappa shape index (κ2) is 8.71. The van der Waals surface area contributed by atoms with Gasteiger partial charge >= 0.3 is 0 Å². The molecule has 0 saturated heterocycles. The quantitative estimate of drug-likeness (QED) is 0.504. The van der Waals surface area contributed by atoms with E-state index in [1.54, 1.807) is 56.3 Å². The summed E-state index contributed by atoms with van der Waals surface area (Å²) in [4.78, 5) is 0.000278. The Morgan fingerprint density at radius 3 is 2.34 bits per heavy atom. The van der Waals surface area contributed by atoms with Crippen molar-refractivity contribution in [3.05, 3.63) is 65.9 Å². The topological polar surface area (TPSA) is 72.6 Å². The van der Waals surface area contributed by atoms with Crippen LogP contribution in [0, 0.1) is 13.8 Å². The van der Waals surface area contributed by atoms with Crippen LogP contribution < -0.4 is 4.31 Å². The Labute approximate surface area is 167 Å². The molecule has 0 saturated carbocycles. The van der Waals surface area contributed by atoms with Crippen LogP contribution in [-0.4, -0.2) is 33.3 Å². The Kier molecular flexibility index (Phi) is 6.29. The third-order valence-corrected chi connectivity index (χ3v) is 6.11. The van der Waals surface area contributed by atoms with Gasteiger partial charge < -0.3 is 9.26 Å². The number of aryl methyl sites for hydroxylation is 1. The highest BCUT2D eigenvalue weighted by atomic mass is 32.2. The van der Waals surface area contributed by atoms with E-state index in [-0.39, 0.29) is 10.8 Å². The molecular formula is C20H20F2N2O4S. The van der Waals surface area contributed by atoms with E-state index in [4.69, 9.17) is 9.26 Å². The van der Waals surface area contributed by atoms with Crippen molar-refractivity contribution in [3.63, 3.8) is 0 Å². The third-order valence-electron chi connectivity index (χ3n) is 4.35. The minimum absolute atomic E-state index is 0.000278. The van der Waals surface area contributed by atoms with Gasteiger partial charge in [0.2, 0.25) is 5.88 Å². The summed E-state index contributed by atoms with van der Waals surface area (Å²) < 4.78 is 63.1. The molecule has 1 aromatic heterocycles. The molecule has 3 aromatic rings. The molecule has 0 fully saturated rings. The SMILES string of the molecule is Cc1noc(N(COCC(F)F)S(=O)(=O)c2ccccc2-c2ccccc2)c1C. The summed E-state index contributed by atoms with van der Waals surface area (Å²) in [5.41, 5.74) is 2.14. The maximum Gasteiger partial charge on any atom is 0.269 e. The number of alkyl halides is 2. The second-order valence-corrected chi connectivity index (χ2v) is 8.14. The first-order valence-electron chi connectivity index (χ1n) is 8.78. The maximum absolute atomic E-state index is 13.5. The first-order chi connectivity index (χ1) is 13.8. The summed E-state index contributed by atoms with van der Waals surface area (Å²) >= 11 is 0. The van der Waals surface area contributed by atoms with Crippen LogP contribution in [0.25, 0.3) is 11.1 Å². The predicted molar refractivity (Wildman–Crippen MR) is 104 cm³/mol. The number of aromatic nitrogens is 1. The molecule has 3 rings (SSSR count). The highest BCUT2D eigenvalue weighted by Crippen LogP contribution is 2.33. The first kappa shape index (κ1) is 20.9. The molecule has 9 heteroatoms. The highest BCUT2D eigenvalue weighted by Gasteiger charge is 2.32. The molecule has 0 bridgehead atoms. The molecule has 0 N–H and O–H groups in total. The molecule has 0 unspecified atom stereocenters. The van der Waals surface area contributed by atoms with E-state index < -0.39 is 29.8 Å². The van der Waals surface area contributed by atoms with Gasteiger partial charge in [0, 0.05) is 11.1 Å². The lowest BCUT2D eigenvalue weighted by molar-refractivity contribution is 0.0205. The summed E-state index contributed by atoms with van der Waals surface area (Å²) in [7, 11) is -4.21. The van der Waals surface area contributed by atoms with E-state index in [1.807, 2.05) is 6.07 Å². The van der Waals surface area contributed by atoms with Gasteiger partial charge in [-0.15, -0.1) is 0 Å². The van der Waals surface area contributed by atoms with E-state index in [9.17, 15) is 17.2 Å². The number of nitrogens with zero attached hydrogens (tertiary/aromatic N) is 2. The van der Waals surface area contributed by atoms with Gasteiger partial charge in [-0.3, -0.25) is 0 Å². The molecule has 0 aliphatic carbocycles. The number of hydrogen-bond acceptors (Lipinski definition) is 5. The van der Waals surface area contributed by atoms with E-state index in [2.05, 4.69) is 5.16 Å². The monoisotopic (exact) mass is 422 g/mol. The molecule has 6 nitrogen and oxygen atoms in total. The lowest BCUT2D eigenvalue weighted by Crippen LogP contribution is -2.34. The van der Waals surface area contributed by atoms with Crippen LogP contribution in [0.15, 0.2) is 64.0 Å². The Morgan fingerprint density at radius 2 is 1.72 bits per heavy atom. The molecule has 154 valence electrons. The summed E-state index contributed by atoms with van der Waals surface area (Å²) in [6.07, 6.45) is -2.73. The average molecular weight is 422 g/mol. The fourth-order valence-corrected chi connectivity index (χ4v) is 4.32. The molecule has 2 aromatic carbocycles. The number of hydrogen-bond donors (Lipinski definition) is 0. The second-order valence-electron chi connectivity index (χ2n) is 6.30. The Morgan fingerprint density at radius 1 is 1.07 bits per heavy atom. The number of sulfonamides is 1. The zero-order chi connectivity index (χ0) is 21.0. The van der Waals surface area contributed by atoms with Crippen LogP contribution in [0.2, 0.25) is 0 Å². The molecule has 0 spiro atoms. The minimum atomic E-state index is -4.21. The van der Waals surface area contributed by atoms with Gasteiger partial charge in [-0.05, 0) is 25.5 Å². The standard InChI is InChI=1S/C20H20F2N2O4S/c1-14-15(2)23-28-20(14)24(13-27-12-19(21)22)29(25,26)18-11-7-6-10-17(18)16-8-4-3-5-9-16/h3-11,19H,12-13H2,1-2H3. The summed E-state index contributed by atoms with van der Waals surface area (Å²) in [5, 5.41) is 3.78. The molecule has 0 amide bonds. The maximum atomic E-state index is 13.5. The molecule has 29 heavy (non-hydrogen) atoms. The van der Waals surface area contributed by atoms with Crippen LogP contribution in [0.1, 0.15) is 11.3 Å². The minimum Gasteiger partial charge on any atom is -0.354 e. The molecule has 0 radical (unpaired) electrons. The van der Waals surface area contributed by atoms with Crippen LogP contribution >= 0.6 is 0 Å². The van der Waals surface area contributed by atoms with E-state index >= 15 is 0 Å². The fraction of sp³-hybridized carbons (Fsp3) is 0.250. The Balaban J connectivity index is 2.09. The summed E-state index contributed by atoms with van der Waals surface area (Å²) in [5.74, 6) is -0.0698. The van der Waals surface area contributed by atoms with E-state index in [0.717, 1.165) is 4.31 Å². The van der Waals surface area contributed by atoms with Gasteiger partial charge in [0.1, 0.15) is 13.3 Å². The number of halogens is 2. The average Bonchev–Trinajstić information content (AvgIpc) is 3.04. The number of anilines is 1. The fourth-order valence-electron chi connectivity index (χ4n) is 2.76. The van der Waals surface area contributed by atoms with Crippen LogP contribution in [0.5, 0.6) is 0 Å². The summed E-state index contributed by atoms with van der Waals surface area (Å²) in [6.45, 7) is 1.76. The number of benzene rings is 2. The van der Waals surface area contributed by atoms with Crippen molar-refractivity contribution in [1.82, 2.24) is 5.16 Å². The van der Waals surface area contributed by atoms with Crippen molar-refractivity contribution >= 4 is 15.9 Å². The smallest absolute Gasteiger partial charge is 0.269 e. The normalized spacial score (nSPS) is 11.8. The largest absolute Gasteiger partial charge is 0.354 e. The van der Waals surface area contributed by atoms with Crippen molar-refractivity contribution in [2.75, 3.05) is 17.6 Å². The molecule has 1 heterocycles. The zero-order valence-corrected chi connectivity index (χ0v) is 16.7. The van der Waals surface area contributed by atoms with E-state index in [0.29, 0.717) is 22.4 Å². The Hall–Kier alpha value is -2.78. The van der Waals surface area contributed by atoms with Gasteiger partial charge in [-0.1, -0.05) is 53.7 Å². The summed E-state index contributed by atoms with van der Waals surface area (Å²) in [6, 6.07) is 15.4. The van der Waals surface area contributed by atoms with E-state index in [1.165, 1.54) is 6.07 Å². The van der Waals surface area contributed by atoms with Gasteiger partial charge in [0.15, 0.2) is 0 Å². The van der Waals surface area contributed by atoms with Crippen molar-refractivity contribution in [2.45, 2.75) is 25.2 Å². The number of rotatable bonds is 8.